The summed E-state index contributed by atoms with van der Waals surface area (Å²) in [4.78, 5) is 0. The van der Waals surface area contributed by atoms with E-state index in [1.807, 2.05) is 0 Å². The number of benzene rings is 4. The number of anilines is 6. The molecular formula is C31H27F9N4. The molecule has 0 bridgehead atoms. The van der Waals surface area contributed by atoms with Gasteiger partial charge in [0.2, 0.25) is 0 Å². The van der Waals surface area contributed by atoms with Gasteiger partial charge < -0.3 is 22.1 Å². The molecule has 0 amide bonds. The van der Waals surface area contributed by atoms with E-state index in [2.05, 4.69) is 10.6 Å². The third-order valence-corrected chi connectivity index (χ3v) is 7.19. The second-order valence-corrected chi connectivity index (χ2v) is 10.6. The van der Waals surface area contributed by atoms with Gasteiger partial charge in [-0.2, -0.15) is 39.5 Å². The van der Waals surface area contributed by atoms with E-state index in [-0.39, 0.29) is 45.3 Å². The quantitative estimate of drug-likeness (QED) is 0.127. The molecule has 0 fully saturated rings. The first-order chi connectivity index (χ1) is 20.2. The molecule has 44 heavy (non-hydrogen) atoms. The number of nitrogens with one attached hydrogen (secondary N) is 2. The van der Waals surface area contributed by atoms with Crippen molar-refractivity contribution in [3.05, 3.63) is 106 Å². The fraction of sp³-hybridized carbons (Fsp3) is 0.226. The molecule has 0 aliphatic rings. The molecule has 0 saturated heterocycles. The molecule has 13 heteroatoms. The zero-order valence-electron chi connectivity index (χ0n) is 23.5. The monoisotopic (exact) mass is 626 g/mol. The van der Waals surface area contributed by atoms with Crippen molar-refractivity contribution in [1.82, 2.24) is 0 Å². The maximum Gasteiger partial charge on any atom is 0.416 e. The van der Waals surface area contributed by atoms with Crippen molar-refractivity contribution in [1.29, 1.82) is 0 Å². The number of aryl methyl sites for hydroxylation is 2. The van der Waals surface area contributed by atoms with Crippen molar-refractivity contribution in [2.75, 3.05) is 22.1 Å². The van der Waals surface area contributed by atoms with Crippen LogP contribution >= 0.6 is 0 Å². The first-order valence-corrected chi connectivity index (χ1v) is 13.0. The second-order valence-electron chi connectivity index (χ2n) is 10.6. The van der Waals surface area contributed by atoms with Crippen LogP contribution in [0.5, 0.6) is 0 Å². The highest BCUT2D eigenvalue weighted by atomic mass is 19.4. The molecular weight excluding hydrogens is 599 g/mol. The van der Waals surface area contributed by atoms with Crippen molar-refractivity contribution in [3.63, 3.8) is 0 Å². The van der Waals surface area contributed by atoms with Crippen molar-refractivity contribution in [2.45, 2.75) is 44.7 Å². The van der Waals surface area contributed by atoms with Crippen LogP contribution in [-0.4, -0.2) is 6.18 Å². The van der Waals surface area contributed by atoms with Crippen molar-refractivity contribution < 1.29 is 39.5 Å². The summed E-state index contributed by atoms with van der Waals surface area (Å²) < 4.78 is 124. The lowest BCUT2D eigenvalue weighted by atomic mass is 9.75. The molecule has 0 aliphatic heterocycles. The second kappa shape index (κ2) is 11.2. The Morgan fingerprint density at radius 1 is 0.500 bits per heavy atom. The number of hydrogen-bond donors (Lipinski definition) is 4. The van der Waals surface area contributed by atoms with E-state index in [9.17, 15) is 39.5 Å². The summed E-state index contributed by atoms with van der Waals surface area (Å²) in [5, 5.41) is 5.47. The summed E-state index contributed by atoms with van der Waals surface area (Å²) in [6, 6.07) is 13.4. The Bertz CT molecular complexity index is 1570. The number of nitrogens with two attached hydrogens (primary N) is 2. The van der Waals surface area contributed by atoms with Crippen molar-refractivity contribution >= 4 is 34.1 Å². The molecule has 0 spiro atoms. The van der Waals surface area contributed by atoms with Gasteiger partial charge >= 0.3 is 18.5 Å². The fourth-order valence-electron chi connectivity index (χ4n) is 4.82. The van der Waals surface area contributed by atoms with Gasteiger partial charge in [0.1, 0.15) is 5.41 Å². The highest BCUT2D eigenvalue weighted by Gasteiger charge is 2.53. The summed E-state index contributed by atoms with van der Waals surface area (Å²) in [6.07, 6.45) is -14.1. The standard InChI is InChI=1S/C31H27F9N4/c1-16-8-20(29(32,33)34)12-22(10-16)43-26-6-4-18(14-24(26)41)28(3,31(38,39)40)19-5-7-27(25(42)15-19)44-23-11-17(2)9-21(13-23)30(35,36)37/h4-15,43-44H,41-42H2,1-3H3. The highest BCUT2D eigenvalue weighted by Crippen LogP contribution is 2.48. The number of rotatable bonds is 6. The average Bonchev–Trinajstić information content (AvgIpc) is 2.88. The van der Waals surface area contributed by atoms with Gasteiger partial charge in [-0.3, -0.25) is 0 Å². The predicted molar refractivity (Wildman–Crippen MR) is 153 cm³/mol. The Hall–Kier alpha value is -4.55. The van der Waals surface area contributed by atoms with Gasteiger partial charge in [0.05, 0.1) is 33.9 Å². The zero-order valence-corrected chi connectivity index (χ0v) is 23.5. The smallest absolute Gasteiger partial charge is 0.397 e. The van der Waals surface area contributed by atoms with E-state index in [1.54, 1.807) is 0 Å². The molecule has 0 aliphatic carbocycles. The Morgan fingerprint density at radius 3 is 1.16 bits per heavy atom. The van der Waals surface area contributed by atoms with Crippen molar-refractivity contribution in [2.24, 2.45) is 0 Å². The van der Waals surface area contributed by atoms with Gasteiger partial charge in [0, 0.05) is 11.4 Å². The fourth-order valence-corrected chi connectivity index (χ4v) is 4.82. The van der Waals surface area contributed by atoms with Gasteiger partial charge in [-0.05, 0) is 104 Å². The first kappa shape index (κ1) is 32.4. The number of hydrogen-bond acceptors (Lipinski definition) is 4. The lowest BCUT2D eigenvalue weighted by Crippen LogP contribution is -2.40. The average molecular weight is 627 g/mol. The van der Waals surface area contributed by atoms with Crippen LogP contribution in [0.3, 0.4) is 0 Å². The molecule has 4 rings (SSSR count). The molecule has 4 aromatic carbocycles. The molecule has 4 aromatic rings. The molecule has 0 heterocycles. The van der Waals surface area contributed by atoms with Crippen LogP contribution in [-0.2, 0) is 17.8 Å². The minimum absolute atomic E-state index is 0.0437. The third kappa shape index (κ3) is 6.66. The number of halogens is 9. The van der Waals surface area contributed by atoms with E-state index in [1.165, 1.54) is 38.1 Å². The van der Waals surface area contributed by atoms with Gasteiger partial charge in [0.15, 0.2) is 0 Å². The van der Waals surface area contributed by atoms with E-state index in [0.717, 1.165) is 55.5 Å². The van der Waals surface area contributed by atoms with Crippen LogP contribution in [0.25, 0.3) is 0 Å². The van der Waals surface area contributed by atoms with Gasteiger partial charge in [-0.1, -0.05) is 12.1 Å². The highest BCUT2D eigenvalue weighted by molar-refractivity contribution is 5.76. The molecule has 0 saturated carbocycles. The maximum atomic E-state index is 14.7. The molecule has 0 atom stereocenters. The summed E-state index contributed by atoms with van der Waals surface area (Å²) in [5.74, 6) is 0. The zero-order chi connectivity index (χ0) is 32.8. The normalized spacial score (nSPS) is 12.7. The van der Waals surface area contributed by atoms with E-state index in [4.69, 9.17) is 11.5 Å². The first-order valence-electron chi connectivity index (χ1n) is 13.0. The Kier molecular flexibility index (Phi) is 8.22. The van der Waals surface area contributed by atoms with Crippen LogP contribution in [0.2, 0.25) is 0 Å². The minimum Gasteiger partial charge on any atom is -0.397 e. The van der Waals surface area contributed by atoms with Crippen LogP contribution in [0, 0.1) is 13.8 Å². The lowest BCUT2D eigenvalue weighted by molar-refractivity contribution is -0.173. The van der Waals surface area contributed by atoms with Crippen LogP contribution in [0.4, 0.5) is 73.6 Å². The largest absolute Gasteiger partial charge is 0.416 e. The van der Waals surface area contributed by atoms with Gasteiger partial charge in [-0.25, -0.2) is 0 Å². The number of alkyl halides is 9. The van der Waals surface area contributed by atoms with Gasteiger partial charge in [-0.15, -0.1) is 0 Å². The topological polar surface area (TPSA) is 76.1 Å². The minimum atomic E-state index is -4.87. The van der Waals surface area contributed by atoms with Crippen LogP contribution in [0.1, 0.15) is 40.3 Å². The predicted octanol–water partition coefficient (Wildman–Crippen LogP) is 9.86. The Balaban J connectivity index is 1.68. The van der Waals surface area contributed by atoms with E-state index >= 15 is 0 Å². The van der Waals surface area contributed by atoms with Crippen LogP contribution < -0.4 is 22.1 Å². The SMILES string of the molecule is Cc1cc(Nc2ccc(C(C)(c3ccc(Nc4cc(C)cc(C(F)(F)F)c4)c(N)c3)C(F)(F)F)cc2N)cc(C(F)(F)F)c1. The third-order valence-electron chi connectivity index (χ3n) is 7.19. The maximum absolute atomic E-state index is 14.7. The molecule has 0 radical (unpaired) electrons. The number of nitrogen functional groups attached to an aromatic ring is 2. The molecule has 6 N–H and O–H groups in total. The van der Waals surface area contributed by atoms with Crippen molar-refractivity contribution in [3.8, 4) is 0 Å². The van der Waals surface area contributed by atoms with E-state index in [0.29, 0.717) is 11.1 Å². The summed E-state index contributed by atoms with van der Waals surface area (Å²) in [7, 11) is 0. The Labute approximate surface area is 246 Å². The molecule has 0 unspecified atom stereocenters. The molecule has 0 aromatic heterocycles. The summed E-state index contributed by atoms with van der Waals surface area (Å²) in [5.41, 5.74) is 7.72. The molecule has 4 nitrogen and oxygen atoms in total. The Morgan fingerprint density at radius 2 is 0.864 bits per heavy atom. The van der Waals surface area contributed by atoms with E-state index < -0.39 is 35.1 Å². The summed E-state index contributed by atoms with van der Waals surface area (Å²) >= 11 is 0. The van der Waals surface area contributed by atoms with Crippen LogP contribution in [0.15, 0.2) is 72.8 Å². The van der Waals surface area contributed by atoms with Gasteiger partial charge in [0.25, 0.3) is 0 Å². The lowest BCUT2D eigenvalue weighted by Gasteiger charge is -2.34. The summed E-state index contributed by atoms with van der Waals surface area (Å²) in [6.45, 7) is 3.85. The molecule has 234 valence electrons.